The van der Waals surface area contributed by atoms with Gasteiger partial charge in [-0.05, 0) is 37.3 Å². The summed E-state index contributed by atoms with van der Waals surface area (Å²) in [5, 5.41) is 12.0. The van der Waals surface area contributed by atoms with Gasteiger partial charge in [0, 0.05) is 10.7 Å². The number of carbonyl (C=O) groups is 1. The van der Waals surface area contributed by atoms with Crippen molar-refractivity contribution in [3.63, 3.8) is 0 Å². The first-order chi connectivity index (χ1) is 8.95. The number of carboxylic acids is 1. The van der Waals surface area contributed by atoms with Crippen LogP contribution in [0.25, 0.3) is 0 Å². The molecule has 0 radical (unpaired) electrons. The molecule has 0 spiro atoms. The van der Waals surface area contributed by atoms with Gasteiger partial charge in [-0.25, -0.2) is 9.18 Å². The van der Waals surface area contributed by atoms with Crippen molar-refractivity contribution in [2.24, 2.45) is 0 Å². The Morgan fingerprint density at radius 1 is 1.42 bits per heavy atom. The predicted octanol–water partition coefficient (Wildman–Crippen LogP) is 3.94. The van der Waals surface area contributed by atoms with Gasteiger partial charge in [0.25, 0.3) is 0 Å². The molecule has 2 rings (SSSR count). The monoisotopic (exact) mass is 283 g/mol. The lowest BCUT2D eigenvalue weighted by atomic mass is 10.2. The van der Waals surface area contributed by atoms with Crippen LogP contribution < -0.4 is 5.32 Å². The fourth-order valence-electron chi connectivity index (χ4n) is 1.66. The van der Waals surface area contributed by atoms with Gasteiger partial charge in [-0.3, -0.25) is 0 Å². The Balaban J connectivity index is 2.15. The topological polar surface area (TPSA) is 62.5 Å². The minimum atomic E-state index is -1.13. The first-order valence-corrected chi connectivity index (χ1v) is 5.89. The number of benzene rings is 1. The van der Waals surface area contributed by atoms with Gasteiger partial charge in [0.15, 0.2) is 0 Å². The van der Waals surface area contributed by atoms with Crippen molar-refractivity contribution in [1.82, 2.24) is 0 Å². The second-order valence-corrected chi connectivity index (χ2v) is 4.47. The highest BCUT2D eigenvalue weighted by atomic mass is 35.5. The molecule has 0 aliphatic heterocycles. The van der Waals surface area contributed by atoms with Crippen LogP contribution in [-0.2, 0) is 0 Å². The van der Waals surface area contributed by atoms with Crippen molar-refractivity contribution in [2.45, 2.75) is 13.0 Å². The zero-order chi connectivity index (χ0) is 14.0. The number of halogens is 2. The normalized spacial score (nSPS) is 12.2. The number of anilines is 1. The number of hydrogen-bond acceptors (Lipinski definition) is 3. The van der Waals surface area contributed by atoms with Crippen LogP contribution in [0.1, 0.15) is 29.3 Å². The summed E-state index contributed by atoms with van der Waals surface area (Å²) in [7, 11) is 0. The van der Waals surface area contributed by atoms with Crippen LogP contribution in [0.2, 0.25) is 5.02 Å². The van der Waals surface area contributed by atoms with Crippen molar-refractivity contribution in [2.75, 3.05) is 5.32 Å². The van der Waals surface area contributed by atoms with E-state index < -0.39 is 11.8 Å². The lowest BCUT2D eigenvalue weighted by Gasteiger charge is -2.13. The van der Waals surface area contributed by atoms with Gasteiger partial charge in [-0.2, -0.15) is 0 Å². The van der Waals surface area contributed by atoms with E-state index in [2.05, 4.69) is 5.32 Å². The molecule has 1 unspecified atom stereocenters. The lowest BCUT2D eigenvalue weighted by molar-refractivity contribution is 0.0660. The van der Waals surface area contributed by atoms with Crippen molar-refractivity contribution in [1.29, 1.82) is 0 Å². The molecule has 2 N–H and O–H groups in total. The van der Waals surface area contributed by atoms with Crippen LogP contribution >= 0.6 is 11.6 Å². The summed E-state index contributed by atoms with van der Waals surface area (Å²) in [6.45, 7) is 1.77. The molecule has 1 heterocycles. The molecule has 0 aliphatic rings. The Hall–Kier alpha value is -2.01. The molecule has 0 aliphatic carbocycles. The van der Waals surface area contributed by atoms with E-state index in [-0.39, 0.29) is 16.8 Å². The fourth-order valence-corrected chi connectivity index (χ4v) is 1.88. The molecule has 0 amide bonds. The summed E-state index contributed by atoms with van der Waals surface area (Å²) < 4.78 is 18.3. The van der Waals surface area contributed by atoms with E-state index in [4.69, 9.17) is 21.1 Å². The minimum absolute atomic E-state index is 0.138. The molecule has 4 nitrogen and oxygen atoms in total. The van der Waals surface area contributed by atoms with E-state index in [1.165, 1.54) is 18.2 Å². The summed E-state index contributed by atoms with van der Waals surface area (Å²) >= 11 is 5.74. The minimum Gasteiger partial charge on any atom is -0.475 e. The number of hydrogen-bond donors (Lipinski definition) is 2. The molecule has 1 aromatic heterocycles. The van der Waals surface area contributed by atoms with E-state index in [9.17, 15) is 9.18 Å². The second kappa shape index (κ2) is 5.32. The first-order valence-electron chi connectivity index (χ1n) is 5.51. The Labute approximate surface area is 113 Å². The molecule has 0 fully saturated rings. The summed E-state index contributed by atoms with van der Waals surface area (Å²) in [5.74, 6) is -1.28. The lowest BCUT2D eigenvalue weighted by Crippen LogP contribution is -2.06. The van der Waals surface area contributed by atoms with E-state index in [1.54, 1.807) is 19.1 Å². The SMILES string of the molecule is CC(Nc1cc(F)cc(Cl)c1)c1ccc(C(=O)O)o1. The van der Waals surface area contributed by atoms with Crippen LogP contribution in [0, 0.1) is 5.82 Å². The Kier molecular flexibility index (Phi) is 3.76. The molecular formula is C13H11ClFNO3. The average Bonchev–Trinajstić information content (AvgIpc) is 2.76. The zero-order valence-corrected chi connectivity index (χ0v) is 10.7. The Morgan fingerprint density at radius 3 is 2.74 bits per heavy atom. The molecule has 19 heavy (non-hydrogen) atoms. The summed E-state index contributed by atoms with van der Waals surface area (Å²) in [4.78, 5) is 10.7. The maximum atomic E-state index is 13.2. The van der Waals surface area contributed by atoms with Gasteiger partial charge in [0.1, 0.15) is 11.6 Å². The predicted molar refractivity (Wildman–Crippen MR) is 69.1 cm³/mol. The highest BCUT2D eigenvalue weighted by molar-refractivity contribution is 6.30. The molecule has 0 saturated carbocycles. The van der Waals surface area contributed by atoms with Gasteiger partial charge >= 0.3 is 5.97 Å². The van der Waals surface area contributed by atoms with Gasteiger partial charge in [-0.1, -0.05) is 11.6 Å². The summed E-state index contributed by atoms with van der Waals surface area (Å²) in [5.41, 5.74) is 0.491. The van der Waals surface area contributed by atoms with Gasteiger partial charge in [-0.15, -0.1) is 0 Å². The number of carboxylic acid groups (broad SMARTS) is 1. The number of nitrogens with one attached hydrogen (secondary N) is 1. The molecule has 0 saturated heterocycles. The largest absolute Gasteiger partial charge is 0.475 e. The molecule has 100 valence electrons. The zero-order valence-electron chi connectivity index (χ0n) is 9.98. The molecule has 1 atom stereocenters. The van der Waals surface area contributed by atoms with Gasteiger partial charge < -0.3 is 14.8 Å². The van der Waals surface area contributed by atoms with Crippen molar-refractivity contribution in [3.05, 3.63) is 52.7 Å². The average molecular weight is 284 g/mol. The van der Waals surface area contributed by atoms with Crippen LogP contribution in [0.5, 0.6) is 0 Å². The quantitative estimate of drug-likeness (QED) is 0.892. The summed E-state index contributed by atoms with van der Waals surface area (Å²) in [6.07, 6.45) is 0. The second-order valence-electron chi connectivity index (χ2n) is 4.03. The smallest absolute Gasteiger partial charge is 0.371 e. The highest BCUT2D eigenvalue weighted by Gasteiger charge is 2.14. The van der Waals surface area contributed by atoms with E-state index >= 15 is 0 Å². The third kappa shape index (κ3) is 3.26. The maximum Gasteiger partial charge on any atom is 0.371 e. The van der Waals surface area contributed by atoms with Crippen LogP contribution in [0.3, 0.4) is 0 Å². The molecule has 0 bridgehead atoms. The Bertz CT molecular complexity index is 591. The third-order valence-electron chi connectivity index (χ3n) is 2.51. The first kappa shape index (κ1) is 13.4. The van der Waals surface area contributed by atoms with Crippen molar-refractivity contribution >= 4 is 23.3 Å². The number of rotatable bonds is 4. The maximum absolute atomic E-state index is 13.2. The standard InChI is InChI=1S/C13H11ClFNO3/c1-7(11-2-3-12(19-11)13(17)18)16-10-5-8(14)4-9(15)6-10/h2-7,16H,1H3,(H,17,18). The number of furan rings is 1. The molecular weight excluding hydrogens is 273 g/mol. The fraction of sp³-hybridized carbons (Fsp3) is 0.154. The third-order valence-corrected chi connectivity index (χ3v) is 2.73. The highest BCUT2D eigenvalue weighted by Crippen LogP contribution is 2.24. The van der Waals surface area contributed by atoms with E-state index in [1.807, 2.05) is 0 Å². The number of aromatic carboxylic acids is 1. The van der Waals surface area contributed by atoms with Crippen molar-refractivity contribution < 1.29 is 18.7 Å². The van der Waals surface area contributed by atoms with Crippen LogP contribution in [0.15, 0.2) is 34.7 Å². The summed E-state index contributed by atoms with van der Waals surface area (Å²) in [6, 6.07) is 6.68. The molecule has 2 aromatic rings. The Morgan fingerprint density at radius 2 is 2.16 bits per heavy atom. The molecule has 1 aromatic carbocycles. The van der Waals surface area contributed by atoms with E-state index in [0.717, 1.165) is 0 Å². The van der Waals surface area contributed by atoms with Crippen molar-refractivity contribution in [3.8, 4) is 0 Å². The van der Waals surface area contributed by atoms with Crippen LogP contribution in [0.4, 0.5) is 10.1 Å². The van der Waals surface area contributed by atoms with E-state index in [0.29, 0.717) is 11.4 Å². The molecule has 6 heteroatoms. The van der Waals surface area contributed by atoms with Crippen LogP contribution in [-0.4, -0.2) is 11.1 Å². The van der Waals surface area contributed by atoms with Gasteiger partial charge in [0.2, 0.25) is 5.76 Å². The van der Waals surface area contributed by atoms with Gasteiger partial charge in [0.05, 0.1) is 6.04 Å².